The van der Waals surface area contributed by atoms with E-state index >= 15 is 0 Å². The Labute approximate surface area is 104 Å². The van der Waals surface area contributed by atoms with Crippen molar-refractivity contribution in [2.24, 2.45) is 0 Å². The number of halogens is 1. The van der Waals surface area contributed by atoms with Crippen molar-refractivity contribution in [2.45, 2.75) is 0 Å². The number of esters is 1. The standard InChI is InChI=1S/C13H10ClNO2/c14-10-6-7-12(11(15)8-10)17-13(16)9-4-2-1-3-5-9/h1-8H,15H2. The lowest BCUT2D eigenvalue weighted by Crippen LogP contribution is -2.09. The first-order valence-corrected chi connectivity index (χ1v) is 5.37. The van der Waals surface area contributed by atoms with Gasteiger partial charge in [-0.05, 0) is 30.3 Å². The van der Waals surface area contributed by atoms with Crippen molar-refractivity contribution in [3.05, 3.63) is 59.1 Å². The Morgan fingerprint density at radius 2 is 1.82 bits per heavy atom. The van der Waals surface area contributed by atoms with Crippen molar-refractivity contribution in [3.63, 3.8) is 0 Å². The Kier molecular flexibility index (Phi) is 3.30. The number of ether oxygens (including phenoxy) is 1. The number of hydrogen-bond donors (Lipinski definition) is 1. The van der Waals surface area contributed by atoms with Crippen molar-refractivity contribution >= 4 is 23.3 Å². The molecule has 0 spiro atoms. The molecule has 0 aliphatic heterocycles. The average molecular weight is 248 g/mol. The van der Waals surface area contributed by atoms with Gasteiger partial charge in [-0.15, -0.1) is 0 Å². The Morgan fingerprint density at radius 1 is 1.12 bits per heavy atom. The maximum Gasteiger partial charge on any atom is 0.343 e. The second-order valence-corrected chi connectivity index (χ2v) is 3.87. The summed E-state index contributed by atoms with van der Waals surface area (Å²) in [4.78, 5) is 11.7. The van der Waals surface area contributed by atoms with Crippen molar-refractivity contribution in [2.75, 3.05) is 5.73 Å². The highest BCUT2D eigenvalue weighted by atomic mass is 35.5. The smallest absolute Gasteiger partial charge is 0.343 e. The molecule has 0 heterocycles. The molecular formula is C13H10ClNO2. The van der Waals surface area contributed by atoms with Gasteiger partial charge in [-0.2, -0.15) is 0 Å². The highest BCUT2D eigenvalue weighted by Gasteiger charge is 2.09. The molecule has 2 rings (SSSR count). The lowest BCUT2D eigenvalue weighted by molar-refractivity contribution is 0.0736. The maximum absolute atomic E-state index is 11.7. The van der Waals surface area contributed by atoms with E-state index in [4.69, 9.17) is 22.1 Å². The van der Waals surface area contributed by atoms with Crippen molar-refractivity contribution in [1.29, 1.82) is 0 Å². The van der Waals surface area contributed by atoms with Gasteiger partial charge < -0.3 is 10.5 Å². The molecule has 3 nitrogen and oxygen atoms in total. The van der Waals surface area contributed by atoms with Crippen LogP contribution in [0.3, 0.4) is 0 Å². The summed E-state index contributed by atoms with van der Waals surface area (Å²) in [7, 11) is 0. The summed E-state index contributed by atoms with van der Waals surface area (Å²) in [6.07, 6.45) is 0. The predicted octanol–water partition coefficient (Wildman–Crippen LogP) is 3.14. The summed E-state index contributed by atoms with van der Waals surface area (Å²) in [6.45, 7) is 0. The monoisotopic (exact) mass is 247 g/mol. The molecule has 86 valence electrons. The first-order valence-electron chi connectivity index (χ1n) is 4.99. The second-order valence-electron chi connectivity index (χ2n) is 3.44. The number of rotatable bonds is 2. The molecule has 0 amide bonds. The van der Waals surface area contributed by atoms with Gasteiger partial charge in [0.15, 0.2) is 5.75 Å². The molecule has 0 fully saturated rings. The van der Waals surface area contributed by atoms with Gasteiger partial charge in [-0.1, -0.05) is 29.8 Å². The first kappa shape index (κ1) is 11.5. The quantitative estimate of drug-likeness (QED) is 0.504. The van der Waals surface area contributed by atoms with E-state index in [1.165, 1.54) is 6.07 Å². The average Bonchev–Trinajstić information content (AvgIpc) is 2.34. The zero-order valence-electron chi connectivity index (χ0n) is 8.89. The molecule has 0 aliphatic rings. The Morgan fingerprint density at radius 3 is 2.47 bits per heavy atom. The predicted molar refractivity (Wildman–Crippen MR) is 67.3 cm³/mol. The zero-order chi connectivity index (χ0) is 12.3. The molecule has 0 atom stereocenters. The first-order chi connectivity index (χ1) is 8.16. The molecule has 17 heavy (non-hydrogen) atoms. The number of nitrogen functional groups attached to an aromatic ring is 1. The Bertz CT molecular complexity index is 540. The molecule has 4 heteroatoms. The van der Waals surface area contributed by atoms with E-state index < -0.39 is 5.97 Å². The number of nitrogens with two attached hydrogens (primary N) is 1. The minimum Gasteiger partial charge on any atom is -0.421 e. The van der Waals surface area contributed by atoms with Gasteiger partial charge in [0.2, 0.25) is 0 Å². The van der Waals surface area contributed by atoms with E-state index in [1.807, 2.05) is 6.07 Å². The number of carbonyl (C=O) groups excluding carboxylic acids is 1. The van der Waals surface area contributed by atoms with E-state index in [-0.39, 0.29) is 0 Å². The fourth-order valence-corrected chi connectivity index (χ4v) is 1.53. The van der Waals surface area contributed by atoms with E-state index in [0.717, 1.165) is 0 Å². The van der Waals surface area contributed by atoms with Crippen LogP contribution >= 0.6 is 11.6 Å². The van der Waals surface area contributed by atoms with E-state index in [0.29, 0.717) is 22.0 Å². The largest absolute Gasteiger partial charge is 0.421 e. The van der Waals surface area contributed by atoms with Gasteiger partial charge in [0.25, 0.3) is 0 Å². The molecule has 0 radical (unpaired) electrons. The summed E-state index contributed by atoms with van der Waals surface area (Å²) in [5, 5.41) is 0.502. The SMILES string of the molecule is Nc1cc(Cl)ccc1OC(=O)c1ccccc1. The van der Waals surface area contributed by atoms with Crippen LogP contribution in [-0.4, -0.2) is 5.97 Å². The van der Waals surface area contributed by atoms with Crippen LogP contribution in [0, 0.1) is 0 Å². The number of anilines is 1. The molecule has 2 N–H and O–H groups in total. The molecular weight excluding hydrogens is 238 g/mol. The highest BCUT2D eigenvalue weighted by Crippen LogP contribution is 2.25. The van der Waals surface area contributed by atoms with Crippen LogP contribution in [0.1, 0.15) is 10.4 Å². The van der Waals surface area contributed by atoms with Gasteiger partial charge in [-0.25, -0.2) is 4.79 Å². The minimum absolute atomic E-state index is 0.309. The lowest BCUT2D eigenvalue weighted by atomic mass is 10.2. The fourth-order valence-electron chi connectivity index (χ4n) is 1.35. The molecule has 2 aromatic rings. The number of carbonyl (C=O) groups is 1. The van der Waals surface area contributed by atoms with E-state index in [9.17, 15) is 4.79 Å². The molecule has 2 aromatic carbocycles. The summed E-state index contributed by atoms with van der Waals surface area (Å²) in [6, 6.07) is 13.4. The van der Waals surface area contributed by atoms with Gasteiger partial charge in [0.1, 0.15) is 0 Å². The second kappa shape index (κ2) is 4.89. The Hall–Kier alpha value is -2.00. The van der Waals surface area contributed by atoms with Crippen molar-refractivity contribution in [1.82, 2.24) is 0 Å². The summed E-state index contributed by atoms with van der Waals surface area (Å²) in [5.41, 5.74) is 6.50. The molecule has 0 unspecified atom stereocenters. The van der Waals surface area contributed by atoms with Crippen LogP contribution in [0.5, 0.6) is 5.75 Å². The van der Waals surface area contributed by atoms with Gasteiger partial charge in [0, 0.05) is 5.02 Å². The molecule has 0 aromatic heterocycles. The summed E-state index contributed by atoms with van der Waals surface area (Å²) >= 11 is 5.75. The van der Waals surface area contributed by atoms with Gasteiger partial charge in [0.05, 0.1) is 11.3 Å². The van der Waals surface area contributed by atoms with E-state index in [2.05, 4.69) is 0 Å². The fraction of sp³-hybridized carbons (Fsp3) is 0. The molecule has 0 bridgehead atoms. The summed E-state index contributed by atoms with van der Waals surface area (Å²) < 4.78 is 5.16. The lowest BCUT2D eigenvalue weighted by Gasteiger charge is -2.07. The van der Waals surface area contributed by atoms with Crippen LogP contribution in [-0.2, 0) is 0 Å². The third kappa shape index (κ3) is 2.77. The van der Waals surface area contributed by atoms with Crippen LogP contribution in [0.25, 0.3) is 0 Å². The van der Waals surface area contributed by atoms with Crippen molar-refractivity contribution in [3.8, 4) is 5.75 Å². The maximum atomic E-state index is 11.7. The minimum atomic E-state index is -0.445. The van der Waals surface area contributed by atoms with Gasteiger partial charge in [-0.3, -0.25) is 0 Å². The van der Waals surface area contributed by atoms with Crippen molar-refractivity contribution < 1.29 is 9.53 Å². The number of benzene rings is 2. The molecule has 0 saturated carbocycles. The van der Waals surface area contributed by atoms with Crippen LogP contribution in [0.2, 0.25) is 5.02 Å². The highest BCUT2D eigenvalue weighted by molar-refractivity contribution is 6.30. The van der Waals surface area contributed by atoms with Gasteiger partial charge >= 0.3 is 5.97 Å². The van der Waals surface area contributed by atoms with Crippen LogP contribution < -0.4 is 10.5 Å². The normalized spacial score (nSPS) is 9.94. The van der Waals surface area contributed by atoms with Crippen LogP contribution in [0.4, 0.5) is 5.69 Å². The topological polar surface area (TPSA) is 52.3 Å². The Balaban J connectivity index is 2.19. The third-order valence-electron chi connectivity index (χ3n) is 2.18. The number of hydrogen-bond acceptors (Lipinski definition) is 3. The molecule has 0 aliphatic carbocycles. The van der Waals surface area contributed by atoms with E-state index in [1.54, 1.807) is 36.4 Å². The molecule has 0 saturated heterocycles. The summed E-state index contributed by atoms with van der Waals surface area (Å²) in [5.74, 6) is -0.136. The third-order valence-corrected chi connectivity index (χ3v) is 2.42. The zero-order valence-corrected chi connectivity index (χ0v) is 9.65. The van der Waals surface area contributed by atoms with Crippen LogP contribution in [0.15, 0.2) is 48.5 Å².